The van der Waals surface area contributed by atoms with E-state index < -0.39 is 0 Å². The summed E-state index contributed by atoms with van der Waals surface area (Å²) in [5.41, 5.74) is 0.961. The maximum Gasteiger partial charge on any atom is 0.147 e. The number of aromatic nitrogens is 2. The van der Waals surface area contributed by atoms with E-state index in [2.05, 4.69) is 34.0 Å². The zero-order valence-corrected chi connectivity index (χ0v) is 12.7. The minimum absolute atomic E-state index is 0.265. The molecule has 1 rings (SSSR count). The lowest BCUT2D eigenvalue weighted by Gasteiger charge is -2.19. The Kier molecular flexibility index (Phi) is 6.73. The first-order valence-corrected chi connectivity index (χ1v) is 6.86. The molecule has 0 aliphatic rings. The van der Waals surface area contributed by atoms with Crippen LogP contribution in [0.4, 0.5) is 5.82 Å². The Morgan fingerprint density at radius 1 is 1.26 bits per heavy atom. The van der Waals surface area contributed by atoms with Gasteiger partial charge in [0.2, 0.25) is 0 Å². The van der Waals surface area contributed by atoms with Gasteiger partial charge in [0, 0.05) is 32.4 Å². The van der Waals surface area contributed by atoms with Crippen LogP contribution in [-0.2, 0) is 11.3 Å². The van der Waals surface area contributed by atoms with Gasteiger partial charge in [-0.1, -0.05) is 13.8 Å². The smallest absolute Gasteiger partial charge is 0.147 e. The van der Waals surface area contributed by atoms with Crippen LogP contribution >= 0.6 is 0 Å². The van der Waals surface area contributed by atoms with Crippen molar-refractivity contribution in [3.63, 3.8) is 0 Å². The van der Waals surface area contributed by atoms with Crippen molar-refractivity contribution in [3.8, 4) is 0 Å². The molecule has 0 aromatic carbocycles. The summed E-state index contributed by atoms with van der Waals surface area (Å²) in [7, 11) is 2.01. The minimum Gasteiger partial charge on any atom is -0.377 e. The fraction of sp³-hybridized carbons (Fsp3) is 0.714. The molecule has 0 radical (unpaired) electrons. The standard InChI is InChI=1S/C14H26N4O/c1-11(2)16-9-13-8-15-10-14(17-13)18(5)6-7-19-12(3)4/h8,10-12,16H,6-7,9H2,1-5H3. The summed E-state index contributed by atoms with van der Waals surface area (Å²) < 4.78 is 5.54. The van der Waals surface area contributed by atoms with E-state index in [4.69, 9.17) is 4.74 Å². The molecular weight excluding hydrogens is 240 g/mol. The van der Waals surface area contributed by atoms with Crippen molar-refractivity contribution in [1.82, 2.24) is 15.3 Å². The summed E-state index contributed by atoms with van der Waals surface area (Å²) in [5.74, 6) is 0.885. The molecule has 0 aliphatic carbocycles. The van der Waals surface area contributed by atoms with E-state index in [1.807, 2.05) is 20.9 Å². The third-order valence-corrected chi connectivity index (χ3v) is 2.63. The fourth-order valence-corrected chi connectivity index (χ4v) is 1.51. The first kappa shape index (κ1) is 15.9. The predicted molar refractivity (Wildman–Crippen MR) is 78.4 cm³/mol. The molecule has 19 heavy (non-hydrogen) atoms. The highest BCUT2D eigenvalue weighted by molar-refractivity contribution is 5.34. The second-order valence-electron chi connectivity index (χ2n) is 5.25. The zero-order chi connectivity index (χ0) is 14.3. The second kappa shape index (κ2) is 8.07. The molecule has 108 valence electrons. The van der Waals surface area contributed by atoms with E-state index in [0.717, 1.165) is 24.6 Å². The number of nitrogens with zero attached hydrogens (tertiary/aromatic N) is 3. The maximum absolute atomic E-state index is 5.54. The van der Waals surface area contributed by atoms with Gasteiger partial charge in [0.1, 0.15) is 5.82 Å². The Hall–Kier alpha value is -1.20. The van der Waals surface area contributed by atoms with Gasteiger partial charge in [-0.05, 0) is 13.8 Å². The van der Waals surface area contributed by atoms with Crippen LogP contribution in [0.15, 0.2) is 12.4 Å². The van der Waals surface area contributed by atoms with Gasteiger partial charge in [-0.3, -0.25) is 4.98 Å². The van der Waals surface area contributed by atoms with Crippen LogP contribution in [0, 0.1) is 0 Å². The first-order chi connectivity index (χ1) is 8.99. The van der Waals surface area contributed by atoms with Crippen LogP contribution in [-0.4, -0.2) is 42.3 Å². The van der Waals surface area contributed by atoms with E-state index in [-0.39, 0.29) is 6.10 Å². The largest absolute Gasteiger partial charge is 0.377 e. The van der Waals surface area contributed by atoms with E-state index in [1.54, 1.807) is 12.4 Å². The summed E-state index contributed by atoms with van der Waals surface area (Å²) >= 11 is 0. The van der Waals surface area contributed by atoms with E-state index >= 15 is 0 Å². The summed E-state index contributed by atoms with van der Waals surface area (Å²) in [6, 6.07) is 0.447. The highest BCUT2D eigenvalue weighted by atomic mass is 16.5. The topological polar surface area (TPSA) is 50.3 Å². The van der Waals surface area contributed by atoms with Gasteiger partial charge >= 0.3 is 0 Å². The fourth-order valence-electron chi connectivity index (χ4n) is 1.51. The highest BCUT2D eigenvalue weighted by Crippen LogP contribution is 2.07. The molecule has 0 saturated carbocycles. The van der Waals surface area contributed by atoms with Gasteiger partial charge in [0.05, 0.1) is 24.6 Å². The lowest BCUT2D eigenvalue weighted by Crippen LogP contribution is -2.26. The van der Waals surface area contributed by atoms with Crippen LogP contribution in [0.2, 0.25) is 0 Å². The molecule has 0 saturated heterocycles. The second-order valence-corrected chi connectivity index (χ2v) is 5.25. The summed E-state index contributed by atoms with van der Waals surface area (Å²) in [5, 5.41) is 3.34. The van der Waals surface area contributed by atoms with Crippen LogP contribution in [0.3, 0.4) is 0 Å². The highest BCUT2D eigenvalue weighted by Gasteiger charge is 2.05. The van der Waals surface area contributed by atoms with Crippen molar-refractivity contribution in [1.29, 1.82) is 0 Å². The molecule has 5 heteroatoms. The van der Waals surface area contributed by atoms with E-state index in [0.29, 0.717) is 12.6 Å². The Labute approximate surface area is 116 Å². The van der Waals surface area contributed by atoms with Crippen LogP contribution in [0.5, 0.6) is 0 Å². The molecule has 0 unspecified atom stereocenters. The normalized spacial score (nSPS) is 11.3. The molecule has 1 heterocycles. The molecule has 5 nitrogen and oxygen atoms in total. The number of hydrogen-bond acceptors (Lipinski definition) is 5. The maximum atomic E-state index is 5.54. The van der Waals surface area contributed by atoms with Crippen molar-refractivity contribution in [2.24, 2.45) is 0 Å². The molecule has 0 spiro atoms. The summed E-state index contributed by atoms with van der Waals surface area (Å²) in [6.45, 7) is 10.6. The van der Waals surface area contributed by atoms with Gasteiger partial charge in [0.15, 0.2) is 0 Å². The summed E-state index contributed by atoms with van der Waals surface area (Å²) in [6.07, 6.45) is 3.85. The third kappa shape index (κ3) is 6.50. The van der Waals surface area contributed by atoms with E-state index in [9.17, 15) is 0 Å². The molecule has 1 aromatic heterocycles. The molecular formula is C14H26N4O. The average molecular weight is 266 g/mol. The number of nitrogens with one attached hydrogen (secondary N) is 1. The quantitative estimate of drug-likeness (QED) is 0.778. The van der Waals surface area contributed by atoms with Gasteiger partial charge in [-0.2, -0.15) is 0 Å². The summed E-state index contributed by atoms with van der Waals surface area (Å²) in [4.78, 5) is 10.9. The SMILES string of the molecule is CC(C)NCc1cncc(N(C)CCOC(C)C)n1. The van der Waals surface area contributed by atoms with Crippen molar-refractivity contribution in [3.05, 3.63) is 18.1 Å². The van der Waals surface area contributed by atoms with Gasteiger partial charge < -0.3 is 15.0 Å². The monoisotopic (exact) mass is 266 g/mol. The minimum atomic E-state index is 0.265. The average Bonchev–Trinajstić information content (AvgIpc) is 2.36. The van der Waals surface area contributed by atoms with Gasteiger partial charge in [-0.25, -0.2) is 4.98 Å². The lowest BCUT2D eigenvalue weighted by molar-refractivity contribution is 0.0845. The van der Waals surface area contributed by atoms with Crippen molar-refractivity contribution in [2.45, 2.75) is 46.4 Å². The van der Waals surface area contributed by atoms with Crippen LogP contribution in [0.1, 0.15) is 33.4 Å². The number of likely N-dealkylation sites (N-methyl/N-ethyl adjacent to an activating group) is 1. The van der Waals surface area contributed by atoms with Gasteiger partial charge in [0.25, 0.3) is 0 Å². The number of ether oxygens (including phenoxy) is 1. The molecule has 1 aromatic rings. The number of hydrogen-bond donors (Lipinski definition) is 1. The lowest BCUT2D eigenvalue weighted by atomic mass is 10.3. The Morgan fingerprint density at radius 2 is 2.00 bits per heavy atom. The Bertz CT molecular complexity index is 368. The Balaban J connectivity index is 2.50. The molecule has 0 atom stereocenters. The van der Waals surface area contributed by atoms with Crippen LogP contribution < -0.4 is 10.2 Å². The van der Waals surface area contributed by atoms with Crippen LogP contribution in [0.25, 0.3) is 0 Å². The number of rotatable bonds is 8. The van der Waals surface area contributed by atoms with Crippen molar-refractivity contribution >= 4 is 5.82 Å². The molecule has 0 aliphatic heterocycles. The molecule has 0 fully saturated rings. The van der Waals surface area contributed by atoms with E-state index in [1.165, 1.54) is 0 Å². The number of anilines is 1. The van der Waals surface area contributed by atoms with Gasteiger partial charge in [-0.15, -0.1) is 0 Å². The first-order valence-electron chi connectivity index (χ1n) is 6.86. The Morgan fingerprint density at radius 3 is 2.63 bits per heavy atom. The van der Waals surface area contributed by atoms with Crippen molar-refractivity contribution < 1.29 is 4.74 Å². The molecule has 0 amide bonds. The zero-order valence-electron chi connectivity index (χ0n) is 12.7. The predicted octanol–water partition coefficient (Wildman–Crippen LogP) is 1.84. The molecule has 1 N–H and O–H groups in total. The molecule has 0 bridgehead atoms. The van der Waals surface area contributed by atoms with Crippen molar-refractivity contribution in [2.75, 3.05) is 25.1 Å². The third-order valence-electron chi connectivity index (χ3n) is 2.63.